The highest BCUT2D eigenvalue weighted by molar-refractivity contribution is 7.90. The number of nitrogens with two attached hydrogens (primary N) is 1. The number of carbonyl (C=O) groups is 3. The van der Waals surface area contributed by atoms with Crippen LogP contribution in [-0.4, -0.2) is 132 Å². The normalized spacial score (nSPS) is 11.5. The van der Waals surface area contributed by atoms with Gasteiger partial charge in [-0.05, 0) is 47.2 Å². The number of hydrogen-bond acceptors (Lipinski definition) is 16. The Morgan fingerprint density at radius 3 is 1.60 bits per heavy atom. The summed E-state index contributed by atoms with van der Waals surface area (Å²) in [6.45, 7) is 7.57. The van der Waals surface area contributed by atoms with Gasteiger partial charge in [0.05, 0.1) is 18.1 Å². The molecule has 0 fully saturated rings. The van der Waals surface area contributed by atoms with E-state index in [-0.39, 0.29) is 40.3 Å². The summed E-state index contributed by atoms with van der Waals surface area (Å²) in [6.07, 6.45) is 11.7. The number of urea groups is 1. The van der Waals surface area contributed by atoms with Gasteiger partial charge in [-0.2, -0.15) is 27.0 Å². The third-order valence-electron chi connectivity index (χ3n) is 11.0. The number of rotatable bonds is 12. The van der Waals surface area contributed by atoms with Crippen molar-refractivity contribution in [1.29, 1.82) is 0 Å². The number of anilines is 3. The summed E-state index contributed by atoms with van der Waals surface area (Å²) in [4.78, 5) is 57.0. The van der Waals surface area contributed by atoms with Gasteiger partial charge in [0.1, 0.15) is 35.7 Å². The van der Waals surface area contributed by atoms with E-state index >= 15 is 0 Å². The van der Waals surface area contributed by atoms with Crippen molar-refractivity contribution in [2.45, 2.75) is 49.6 Å². The lowest BCUT2D eigenvalue weighted by molar-refractivity contribution is -0.613. The highest BCUT2D eigenvalue weighted by Crippen LogP contribution is 2.36. The molecule has 24 nitrogen and oxygen atoms in total. The fraction of sp³-hybridized carbons (Fsp3) is 0.286. The Bertz CT molecular complexity index is 3520. The maximum atomic E-state index is 14.3. The van der Waals surface area contributed by atoms with Crippen molar-refractivity contribution in [2.24, 2.45) is 18.5 Å². The van der Waals surface area contributed by atoms with Gasteiger partial charge in [0.2, 0.25) is 5.03 Å². The van der Waals surface area contributed by atoms with Gasteiger partial charge in [-0.25, -0.2) is 42.8 Å². The van der Waals surface area contributed by atoms with Crippen LogP contribution in [0.3, 0.4) is 0 Å². The summed E-state index contributed by atoms with van der Waals surface area (Å²) in [7, 11) is 3.84. The van der Waals surface area contributed by atoms with Crippen LogP contribution in [0.4, 0.5) is 30.6 Å². The second-order valence-electron chi connectivity index (χ2n) is 18.1. The molecule has 0 saturated carbocycles. The molecule has 0 saturated heterocycles. The molecule has 0 aliphatic rings. The highest BCUT2D eigenvalue weighted by atomic mass is 32.2. The Morgan fingerprint density at radius 2 is 1.13 bits per heavy atom. The second kappa shape index (κ2) is 24.7. The van der Waals surface area contributed by atoms with E-state index in [1.807, 2.05) is 37.6 Å². The Kier molecular flexibility index (Phi) is 19.0. The summed E-state index contributed by atoms with van der Waals surface area (Å²) in [5.74, 6) is -1.73. The lowest BCUT2D eigenvalue weighted by atomic mass is 9.95. The number of pyridine rings is 1. The van der Waals surface area contributed by atoms with Crippen LogP contribution >= 0.6 is 0 Å². The van der Waals surface area contributed by atoms with Crippen molar-refractivity contribution in [2.75, 3.05) is 58.2 Å². The van der Waals surface area contributed by atoms with Crippen LogP contribution in [0, 0.1) is 11.6 Å². The molecule has 28 heteroatoms. The number of halogens is 2. The fourth-order valence-corrected chi connectivity index (χ4v) is 8.81. The molecule has 7 aromatic rings. The lowest BCUT2D eigenvalue weighted by Crippen LogP contribution is -2.51. The molecule has 408 valence electrons. The molecule has 0 atom stereocenters. The minimum atomic E-state index is -4.42. The van der Waals surface area contributed by atoms with Crippen molar-refractivity contribution >= 4 is 61.0 Å². The Labute approximate surface area is 444 Å². The number of sulfonamides is 2. The van der Waals surface area contributed by atoms with Crippen LogP contribution in [-0.2, 0) is 34.1 Å². The average Bonchev–Trinajstić information content (AvgIpc) is 3.98. The fourth-order valence-electron chi connectivity index (χ4n) is 7.03. The molecule has 5 aromatic heterocycles. The summed E-state index contributed by atoms with van der Waals surface area (Å²) in [5, 5.41) is 21.3. The molecule has 0 unspecified atom stereocenters. The van der Waals surface area contributed by atoms with E-state index in [2.05, 4.69) is 39.8 Å². The molecular formula is C49H58F2N16O8S2. The molecule has 5 heterocycles. The molecule has 0 radical (unpaired) electrons. The SMILES string of the molecule is CC(C)c1cc(F)cc(-c2cncnc2)c1N.CC(C)c1cc(F)cc(-c2cncnc2)c1NC(=O)NS(=O)(=O)c1cc(C(=O)N(C)C)n(C)n1.CN(C)C(=O)c1cc(S(=O)(=O)N=C([O-])[n+]2ccc(N(C)C)cc2)nn1C. The second-order valence-corrected chi connectivity index (χ2v) is 21.3. The average molecular weight is 1100 g/mol. The number of nitrogen functional groups attached to an aromatic ring is 1. The zero-order chi connectivity index (χ0) is 57.3. The Balaban J connectivity index is 0.000000225. The molecule has 7 rings (SSSR count). The highest BCUT2D eigenvalue weighted by Gasteiger charge is 2.29. The van der Waals surface area contributed by atoms with E-state index in [4.69, 9.17) is 5.73 Å². The molecule has 0 spiro atoms. The van der Waals surface area contributed by atoms with Gasteiger partial charge >= 0.3 is 16.1 Å². The molecule has 2 aromatic carbocycles. The Morgan fingerprint density at radius 1 is 0.688 bits per heavy atom. The maximum Gasteiger partial charge on any atom is 0.388 e. The van der Waals surface area contributed by atoms with Crippen LogP contribution < -0.4 is 30.3 Å². The lowest BCUT2D eigenvalue weighted by Gasteiger charge is -2.18. The summed E-state index contributed by atoms with van der Waals surface area (Å²) < 4.78 is 86.5. The third-order valence-corrected chi connectivity index (χ3v) is 13.3. The molecule has 0 aliphatic heterocycles. The van der Waals surface area contributed by atoms with Gasteiger partial charge < -0.3 is 30.9 Å². The van der Waals surface area contributed by atoms with Crippen LogP contribution in [0.2, 0.25) is 0 Å². The molecule has 0 aliphatic carbocycles. The number of nitrogens with zero attached hydrogens (tertiary/aromatic N) is 13. The van der Waals surface area contributed by atoms with E-state index in [1.165, 1.54) is 114 Å². The van der Waals surface area contributed by atoms with E-state index < -0.39 is 59.8 Å². The Hall–Kier alpha value is -8.79. The van der Waals surface area contributed by atoms with Crippen molar-refractivity contribution < 1.29 is 49.7 Å². The van der Waals surface area contributed by atoms with Gasteiger partial charge in [-0.1, -0.05) is 27.7 Å². The van der Waals surface area contributed by atoms with Gasteiger partial charge in [-0.15, -0.1) is 0 Å². The van der Waals surface area contributed by atoms with E-state index in [0.29, 0.717) is 22.4 Å². The number of hydrogen-bond donors (Lipinski definition) is 3. The summed E-state index contributed by atoms with van der Waals surface area (Å²) in [5.41, 5.74) is 11.2. The minimum absolute atomic E-state index is 0.0257. The first-order valence-corrected chi connectivity index (χ1v) is 25.9. The van der Waals surface area contributed by atoms with Crippen molar-refractivity contribution in [3.63, 3.8) is 0 Å². The van der Waals surface area contributed by atoms with Crippen LogP contribution in [0.1, 0.15) is 71.6 Å². The van der Waals surface area contributed by atoms with Crippen molar-refractivity contribution in [1.82, 2.24) is 54.0 Å². The number of amides is 4. The van der Waals surface area contributed by atoms with Crippen LogP contribution in [0.5, 0.6) is 0 Å². The zero-order valence-corrected chi connectivity index (χ0v) is 45.8. The zero-order valence-electron chi connectivity index (χ0n) is 44.1. The molecule has 77 heavy (non-hydrogen) atoms. The standard InChI is InChI=1S/C21H24FN7O4S.C15H20N6O4S.C13H14FN3/c1-12(2)15-6-14(22)7-16(13-9-23-11-24-10-13)19(15)25-21(31)27-34(32,33)18-8-17(29(5)26-18)20(30)28(3)4;1-18(2)11-6-8-21(9-7-11)15(23)17-26(24,25)13-10-12(20(5)16-13)14(22)19(3)4;1-8(2)11-3-10(14)4-12(13(11)15)9-5-16-7-17-6-9/h6-12H,1-5H3,(H2,25,27,31);6-10H,1-5H3;3-8H,15H2,1-2H3. The third kappa shape index (κ3) is 14.7. The predicted octanol–water partition coefficient (Wildman–Crippen LogP) is 3.77. The number of carbonyl (C=O) groups excluding carboxylic acids is 3. The van der Waals surface area contributed by atoms with Gasteiger partial charge in [0.25, 0.3) is 27.9 Å². The minimum Gasteiger partial charge on any atom is -0.806 e. The number of benzene rings is 2. The summed E-state index contributed by atoms with van der Waals surface area (Å²) >= 11 is 0. The van der Waals surface area contributed by atoms with Gasteiger partial charge in [0, 0.05) is 143 Å². The first-order valence-electron chi connectivity index (χ1n) is 23.0. The van der Waals surface area contributed by atoms with Crippen molar-refractivity contribution in [3.8, 4) is 22.3 Å². The molecule has 4 amide bonds. The topological polar surface area (TPSA) is 306 Å². The van der Waals surface area contributed by atoms with Crippen LogP contribution in [0.25, 0.3) is 22.3 Å². The number of aryl methyl sites for hydroxylation is 2. The van der Waals surface area contributed by atoms with Gasteiger partial charge in [0.15, 0.2) is 5.03 Å². The summed E-state index contributed by atoms with van der Waals surface area (Å²) in [6, 6.07) is 8.75. The maximum absolute atomic E-state index is 14.3. The smallest absolute Gasteiger partial charge is 0.388 e. The largest absolute Gasteiger partial charge is 0.806 e. The predicted molar refractivity (Wildman–Crippen MR) is 280 cm³/mol. The monoisotopic (exact) mass is 1100 g/mol. The van der Waals surface area contributed by atoms with Gasteiger partial charge in [-0.3, -0.25) is 19.0 Å². The molecular weight excluding hydrogens is 1040 g/mol. The van der Waals surface area contributed by atoms with E-state index in [0.717, 1.165) is 42.9 Å². The first kappa shape index (κ1) is 59.1. The van der Waals surface area contributed by atoms with E-state index in [9.17, 15) is 45.1 Å². The number of nitrogens with one attached hydrogen (secondary N) is 2. The van der Waals surface area contributed by atoms with E-state index in [1.54, 1.807) is 38.4 Å². The number of aromatic nitrogens is 9. The molecule has 4 N–H and O–H groups in total. The quantitative estimate of drug-likeness (QED) is 0.0679. The first-order chi connectivity index (χ1) is 36.0. The van der Waals surface area contributed by atoms with Crippen molar-refractivity contribution in [3.05, 3.63) is 133 Å². The molecule has 0 bridgehead atoms. The van der Waals surface area contributed by atoms with Crippen LogP contribution in [0.15, 0.2) is 113 Å².